The number of nitrogens with two attached hydrogens (primary N) is 1. The molecule has 0 aromatic heterocycles. The summed E-state index contributed by atoms with van der Waals surface area (Å²) in [5.41, 5.74) is 0. The van der Waals surface area contributed by atoms with Gasteiger partial charge < -0.3 is 24.7 Å². The van der Waals surface area contributed by atoms with Crippen molar-refractivity contribution in [1.29, 1.82) is 0 Å². The van der Waals surface area contributed by atoms with Crippen LogP contribution >= 0.6 is 15.2 Å². The molecule has 0 amide bonds. The fourth-order valence-electron chi connectivity index (χ4n) is 1.62. The van der Waals surface area contributed by atoms with Crippen molar-refractivity contribution in [3.8, 4) is 0 Å². The van der Waals surface area contributed by atoms with Crippen molar-refractivity contribution in [3.63, 3.8) is 0 Å². The molecule has 0 aliphatic carbocycles. The molecular weight excluding hydrogens is 310 g/mol. The summed E-state index contributed by atoms with van der Waals surface area (Å²) < 4.78 is 26.6. The molecule has 0 radical (unpaired) electrons. The second-order valence-electron chi connectivity index (χ2n) is 4.70. The molecule has 122 valence electrons. The van der Waals surface area contributed by atoms with Crippen LogP contribution in [0.5, 0.6) is 0 Å². The quantitative estimate of drug-likeness (QED) is 0.217. The third kappa shape index (κ3) is 5.18. The third-order valence-corrected chi connectivity index (χ3v) is 7.15. The van der Waals surface area contributed by atoms with Gasteiger partial charge in [0.1, 0.15) is 0 Å². The van der Waals surface area contributed by atoms with Crippen LogP contribution in [0.4, 0.5) is 0 Å². The van der Waals surface area contributed by atoms with E-state index in [-0.39, 0.29) is 6.54 Å². The van der Waals surface area contributed by atoms with E-state index < -0.39 is 26.7 Å². The predicted octanol–water partition coefficient (Wildman–Crippen LogP) is 0.398. The van der Waals surface area contributed by atoms with Crippen LogP contribution in [-0.4, -0.2) is 49.9 Å². The number of hydrogen-bond donors (Lipinski definition) is 5. The Balaban J connectivity index is 4.79. The van der Waals surface area contributed by atoms with E-state index in [1.54, 1.807) is 11.9 Å². The van der Waals surface area contributed by atoms with Crippen molar-refractivity contribution in [2.45, 2.75) is 37.7 Å². The lowest BCUT2D eigenvalue weighted by molar-refractivity contribution is 0.0993. The Labute approximate surface area is 118 Å². The molecule has 0 aliphatic heterocycles. The fraction of sp³-hybridized carbons (Fsp3) is 1.00. The molecule has 20 heavy (non-hydrogen) atoms. The first-order chi connectivity index (χ1) is 9.02. The van der Waals surface area contributed by atoms with Crippen molar-refractivity contribution < 1.29 is 33.5 Å². The van der Waals surface area contributed by atoms with Crippen molar-refractivity contribution in [2.24, 2.45) is 5.90 Å². The SMILES string of the molecule is CCCCCN(C)CCC(O)(P(=O)(O)O)P(=O)(O)ON. The Morgan fingerprint density at radius 2 is 1.75 bits per heavy atom. The molecule has 9 nitrogen and oxygen atoms in total. The smallest absolute Gasteiger partial charge is 0.367 e. The number of hydrogen-bond acceptors (Lipinski definition) is 6. The summed E-state index contributed by atoms with van der Waals surface area (Å²) in [5.74, 6) is 4.56. The average Bonchev–Trinajstić information content (AvgIpc) is 2.34. The average molecular weight is 334 g/mol. The first-order valence-electron chi connectivity index (χ1n) is 6.19. The summed E-state index contributed by atoms with van der Waals surface area (Å²) in [7, 11) is -8.68. The van der Waals surface area contributed by atoms with Gasteiger partial charge in [0.25, 0.3) is 5.08 Å². The molecule has 0 spiro atoms. The van der Waals surface area contributed by atoms with Crippen LogP contribution in [0.15, 0.2) is 0 Å². The standard InChI is InChI=1S/C9H24N2O7P2/c1-3-4-5-7-11(2)8-6-9(12,19(13,14)15)20(16,17)18-10/h12H,3-8,10H2,1-2H3,(H,16,17)(H2,13,14,15). The first-order valence-corrected chi connectivity index (χ1v) is 9.38. The van der Waals surface area contributed by atoms with Crippen LogP contribution in [-0.2, 0) is 13.8 Å². The van der Waals surface area contributed by atoms with Gasteiger partial charge in [0.15, 0.2) is 0 Å². The monoisotopic (exact) mass is 334 g/mol. The van der Waals surface area contributed by atoms with E-state index in [1.165, 1.54) is 0 Å². The van der Waals surface area contributed by atoms with Gasteiger partial charge in [-0.2, -0.15) is 0 Å². The van der Waals surface area contributed by atoms with Crippen LogP contribution in [0.25, 0.3) is 0 Å². The van der Waals surface area contributed by atoms with Crippen LogP contribution in [0.1, 0.15) is 32.6 Å². The highest BCUT2D eigenvalue weighted by Gasteiger charge is 2.60. The molecule has 2 atom stereocenters. The summed E-state index contributed by atoms with van der Waals surface area (Å²) in [5, 5.41) is 6.69. The minimum Gasteiger partial charge on any atom is -0.367 e. The Hall–Kier alpha value is 0.180. The number of aliphatic hydroxyl groups is 1. The van der Waals surface area contributed by atoms with Gasteiger partial charge in [0.2, 0.25) is 0 Å². The lowest BCUT2D eigenvalue weighted by Gasteiger charge is -2.32. The normalized spacial score (nSPS) is 18.8. The van der Waals surface area contributed by atoms with Crippen LogP contribution < -0.4 is 5.90 Å². The van der Waals surface area contributed by atoms with Gasteiger partial charge in [-0.1, -0.05) is 19.8 Å². The van der Waals surface area contributed by atoms with Gasteiger partial charge in [-0.05, 0) is 20.0 Å². The summed E-state index contributed by atoms with van der Waals surface area (Å²) in [6.07, 6.45) is 2.26. The highest BCUT2D eigenvalue weighted by Crippen LogP contribution is 2.70. The second kappa shape index (κ2) is 7.98. The maximum atomic E-state index is 11.6. The van der Waals surface area contributed by atoms with E-state index in [9.17, 15) is 19.1 Å². The van der Waals surface area contributed by atoms with E-state index >= 15 is 0 Å². The van der Waals surface area contributed by atoms with Crippen molar-refractivity contribution in [3.05, 3.63) is 0 Å². The molecule has 0 saturated heterocycles. The van der Waals surface area contributed by atoms with Crippen LogP contribution in [0.3, 0.4) is 0 Å². The lowest BCUT2D eigenvalue weighted by Crippen LogP contribution is -2.35. The van der Waals surface area contributed by atoms with Crippen molar-refractivity contribution in [1.82, 2.24) is 4.90 Å². The molecule has 0 rings (SSSR count). The minimum absolute atomic E-state index is 0.0131. The highest BCUT2D eigenvalue weighted by atomic mass is 31.2. The van der Waals surface area contributed by atoms with Gasteiger partial charge in [0, 0.05) is 13.0 Å². The number of unbranched alkanes of at least 4 members (excludes halogenated alkanes) is 2. The summed E-state index contributed by atoms with van der Waals surface area (Å²) in [6.45, 7) is 2.69. The first kappa shape index (κ1) is 20.2. The van der Waals surface area contributed by atoms with Gasteiger partial charge in [-0.15, -0.1) is 0 Å². The molecule has 0 heterocycles. The second-order valence-corrected chi connectivity index (χ2v) is 8.88. The summed E-state index contributed by atoms with van der Waals surface area (Å²) in [6, 6.07) is 0. The van der Waals surface area contributed by atoms with E-state index in [4.69, 9.17) is 9.79 Å². The molecular formula is C9H24N2O7P2. The van der Waals surface area contributed by atoms with Gasteiger partial charge in [-0.3, -0.25) is 9.13 Å². The van der Waals surface area contributed by atoms with Gasteiger partial charge >= 0.3 is 15.2 Å². The Morgan fingerprint density at radius 3 is 2.15 bits per heavy atom. The largest absolute Gasteiger partial charge is 0.388 e. The Kier molecular flexibility index (Phi) is 8.05. The maximum Gasteiger partial charge on any atom is 0.388 e. The highest BCUT2D eigenvalue weighted by molar-refractivity contribution is 7.72. The topological polar surface area (TPSA) is 154 Å². The van der Waals surface area contributed by atoms with Crippen molar-refractivity contribution >= 4 is 15.2 Å². The van der Waals surface area contributed by atoms with Crippen molar-refractivity contribution in [2.75, 3.05) is 20.1 Å². The minimum atomic E-state index is -5.30. The zero-order valence-electron chi connectivity index (χ0n) is 11.7. The zero-order valence-corrected chi connectivity index (χ0v) is 13.5. The van der Waals surface area contributed by atoms with E-state index in [0.29, 0.717) is 6.54 Å². The Bertz CT molecular complexity index is 388. The van der Waals surface area contributed by atoms with Gasteiger partial charge in [-0.25, -0.2) is 10.5 Å². The maximum absolute atomic E-state index is 11.6. The Morgan fingerprint density at radius 1 is 1.20 bits per heavy atom. The summed E-state index contributed by atoms with van der Waals surface area (Å²) >= 11 is 0. The van der Waals surface area contributed by atoms with E-state index in [0.717, 1.165) is 19.3 Å². The van der Waals surface area contributed by atoms with E-state index in [2.05, 4.69) is 10.5 Å². The fourth-order valence-corrected chi connectivity index (χ4v) is 4.02. The third-order valence-electron chi connectivity index (χ3n) is 3.03. The molecule has 0 aromatic carbocycles. The molecule has 0 saturated carbocycles. The number of rotatable bonds is 10. The van der Waals surface area contributed by atoms with Gasteiger partial charge in [0.05, 0.1) is 0 Å². The van der Waals surface area contributed by atoms with Crippen LogP contribution in [0, 0.1) is 0 Å². The van der Waals surface area contributed by atoms with E-state index in [1.807, 2.05) is 6.92 Å². The lowest BCUT2D eigenvalue weighted by atomic mass is 10.2. The van der Waals surface area contributed by atoms with Crippen LogP contribution in [0.2, 0.25) is 0 Å². The molecule has 0 aliphatic rings. The number of nitrogens with zero attached hydrogens (tertiary/aromatic N) is 1. The molecule has 11 heteroatoms. The molecule has 6 N–H and O–H groups in total. The molecule has 0 bridgehead atoms. The molecule has 0 fully saturated rings. The summed E-state index contributed by atoms with van der Waals surface area (Å²) in [4.78, 5) is 29.3. The molecule has 2 unspecified atom stereocenters. The molecule has 0 aromatic rings. The predicted molar refractivity (Wildman–Crippen MR) is 73.7 cm³/mol. The zero-order chi connectivity index (χ0) is 16.0.